The summed E-state index contributed by atoms with van der Waals surface area (Å²) in [4.78, 5) is 12.3. The Hall–Kier alpha value is -4.23. The van der Waals surface area contributed by atoms with Crippen LogP contribution in [0.4, 0.5) is 11.4 Å². The van der Waals surface area contributed by atoms with Crippen LogP contribution in [0.3, 0.4) is 0 Å². The molecule has 0 heterocycles. The summed E-state index contributed by atoms with van der Waals surface area (Å²) < 4.78 is 43.0. The molecule has 3 aromatic rings. The van der Waals surface area contributed by atoms with Gasteiger partial charge in [-0.2, -0.15) is 5.26 Å². The minimum Gasteiger partial charge on any atom is -0.494 e. The Labute approximate surface area is 204 Å². The van der Waals surface area contributed by atoms with Gasteiger partial charge >= 0.3 is 0 Å². The lowest BCUT2D eigenvalue weighted by Crippen LogP contribution is -2.26. The lowest BCUT2D eigenvalue weighted by molar-refractivity contribution is -0.118. The molecule has 10 heteroatoms. The van der Waals surface area contributed by atoms with Crippen LogP contribution in [0.25, 0.3) is 0 Å². The van der Waals surface area contributed by atoms with Crippen LogP contribution in [0.5, 0.6) is 17.2 Å². The summed E-state index contributed by atoms with van der Waals surface area (Å²) >= 11 is 0. The Balaban J connectivity index is 1.55. The van der Waals surface area contributed by atoms with Gasteiger partial charge in [0, 0.05) is 12.7 Å². The average Bonchev–Trinajstić information content (AvgIpc) is 2.87. The summed E-state index contributed by atoms with van der Waals surface area (Å²) in [6, 6.07) is 21.1. The highest BCUT2D eigenvalue weighted by Gasteiger charge is 2.21. The van der Waals surface area contributed by atoms with Crippen molar-refractivity contribution < 1.29 is 27.4 Å². The zero-order valence-corrected chi connectivity index (χ0v) is 20.1. The van der Waals surface area contributed by atoms with Gasteiger partial charge in [0.2, 0.25) is 0 Å². The Bertz CT molecular complexity index is 1270. The van der Waals surface area contributed by atoms with Crippen LogP contribution >= 0.6 is 0 Å². The first kappa shape index (κ1) is 25.4. The third-order valence-corrected chi connectivity index (χ3v) is 6.60. The summed E-state index contributed by atoms with van der Waals surface area (Å²) in [6.07, 6.45) is 0. The van der Waals surface area contributed by atoms with Crippen LogP contribution in [0.1, 0.15) is 6.92 Å². The molecule has 0 saturated carbocycles. The molecule has 3 rings (SSSR count). The van der Waals surface area contributed by atoms with Gasteiger partial charge in [-0.15, -0.1) is 0 Å². The van der Waals surface area contributed by atoms with E-state index < -0.39 is 10.0 Å². The number of amides is 1. The Kier molecular flexibility index (Phi) is 8.53. The van der Waals surface area contributed by atoms with Gasteiger partial charge in [-0.25, -0.2) is 8.42 Å². The molecule has 0 spiro atoms. The van der Waals surface area contributed by atoms with Gasteiger partial charge in [0.05, 0.1) is 17.2 Å². The molecule has 1 amide bonds. The average molecular weight is 496 g/mol. The second kappa shape index (κ2) is 11.8. The minimum absolute atomic E-state index is 0.0539. The zero-order valence-electron chi connectivity index (χ0n) is 19.3. The number of hydrogen-bond acceptors (Lipinski definition) is 7. The lowest BCUT2D eigenvalue weighted by atomic mass is 10.3. The van der Waals surface area contributed by atoms with Gasteiger partial charge in [0.1, 0.15) is 23.3 Å². The molecule has 9 nitrogen and oxygen atoms in total. The van der Waals surface area contributed by atoms with E-state index in [-0.39, 0.29) is 24.0 Å². The Morgan fingerprint density at radius 2 is 1.43 bits per heavy atom. The van der Waals surface area contributed by atoms with Crippen molar-refractivity contribution in [1.82, 2.24) is 0 Å². The minimum atomic E-state index is -3.76. The van der Waals surface area contributed by atoms with Gasteiger partial charge in [0.25, 0.3) is 15.9 Å². The smallest absolute Gasteiger partial charge is 0.264 e. The number of benzene rings is 3. The van der Waals surface area contributed by atoms with Crippen molar-refractivity contribution in [2.24, 2.45) is 0 Å². The molecule has 0 aliphatic carbocycles. The van der Waals surface area contributed by atoms with Crippen molar-refractivity contribution in [3.05, 3.63) is 72.8 Å². The first-order valence-electron chi connectivity index (χ1n) is 10.7. The molecule has 0 fully saturated rings. The highest BCUT2D eigenvalue weighted by Crippen LogP contribution is 2.25. The second-order valence-corrected chi connectivity index (χ2v) is 9.15. The number of hydrogen-bond donors (Lipinski definition) is 1. The molecule has 0 aromatic heterocycles. The van der Waals surface area contributed by atoms with Gasteiger partial charge in [-0.3, -0.25) is 9.10 Å². The summed E-state index contributed by atoms with van der Waals surface area (Å²) in [5.41, 5.74) is 0.994. The number of sulfonamides is 1. The fourth-order valence-electron chi connectivity index (χ4n) is 3.02. The van der Waals surface area contributed by atoms with Crippen LogP contribution in [0, 0.1) is 11.3 Å². The highest BCUT2D eigenvalue weighted by atomic mass is 32.2. The monoisotopic (exact) mass is 495 g/mol. The number of nitrogens with zero attached hydrogens (tertiary/aromatic N) is 2. The predicted octanol–water partition coefficient (Wildman–Crippen LogP) is 3.83. The van der Waals surface area contributed by atoms with Crippen LogP contribution in [0.15, 0.2) is 77.7 Å². The maximum atomic E-state index is 12.9. The maximum absolute atomic E-state index is 12.9. The summed E-state index contributed by atoms with van der Waals surface area (Å²) in [7, 11) is -2.29. The molecule has 0 aliphatic heterocycles. The molecule has 0 saturated heterocycles. The van der Waals surface area contributed by atoms with Crippen LogP contribution in [0.2, 0.25) is 0 Å². The van der Waals surface area contributed by atoms with Crippen molar-refractivity contribution in [2.75, 3.05) is 36.5 Å². The van der Waals surface area contributed by atoms with Crippen molar-refractivity contribution in [1.29, 1.82) is 5.26 Å². The predicted molar refractivity (Wildman–Crippen MR) is 131 cm³/mol. The Morgan fingerprint density at radius 1 is 0.886 bits per heavy atom. The third-order valence-electron chi connectivity index (χ3n) is 4.80. The van der Waals surface area contributed by atoms with Crippen molar-refractivity contribution in [3.63, 3.8) is 0 Å². The summed E-state index contributed by atoms with van der Waals surface area (Å²) in [5.74, 6) is 1.17. The van der Waals surface area contributed by atoms with Crippen molar-refractivity contribution in [3.8, 4) is 23.3 Å². The van der Waals surface area contributed by atoms with Crippen LogP contribution in [-0.2, 0) is 14.8 Å². The normalized spacial score (nSPS) is 10.7. The Morgan fingerprint density at radius 3 is 2.03 bits per heavy atom. The van der Waals surface area contributed by atoms with Gasteiger partial charge in [-0.1, -0.05) is 0 Å². The number of carbonyl (C=O) groups excluding carboxylic acids is 1. The van der Waals surface area contributed by atoms with E-state index in [0.29, 0.717) is 35.2 Å². The van der Waals surface area contributed by atoms with Crippen molar-refractivity contribution >= 4 is 27.3 Å². The summed E-state index contributed by atoms with van der Waals surface area (Å²) in [6.45, 7) is 2.07. The van der Waals surface area contributed by atoms with E-state index in [9.17, 15) is 13.2 Å². The van der Waals surface area contributed by atoms with Crippen LogP contribution in [-0.4, -0.2) is 41.2 Å². The van der Waals surface area contributed by atoms with E-state index in [2.05, 4.69) is 5.32 Å². The quantitative estimate of drug-likeness (QED) is 0.429. The van der Waals surface area contributed by atoms with E-state index in [0.717, 1.165) is 0 Å². The van der Waals surface area contributed by atoms with Gasteiger partial charge in [-0.05, 0) is 79.7 Å². The highest BCUT2D eigenvalue weighted by molar-refractivity contribution is 7.92. The maximum Gasteiger partial charge on any atom is 0.264 e. The van der Waals surface area contributed by atoms with E-state index in [1.54, 1.807) is 60.7 Å². The van der Waals surface area contributed by atoms with E-state index in [1.165, 1.54) is 23.5 Å². The summed E-state index contributed by atoms with van der Waals surface area (Å²) in [5, 5.41) is 11.2. The van der Waals surface area contributed by atoms with E-state index in [1.807, 2.05) is 13.0 Å². The number of nitrogens with one attached hydrogen (secondary N) is 1. The number of rotatable bonds is 11. The largest absolute Gasteiger partial charge is 0.494 e. The topological polar surface area (TPSA) is 118 Å². The molecule has 3 aromatic carbocycles. The fraction of sp³-hybridized carbons (Fsp3) is 0.200. The number of anilines is 2. The first-order chi connectivity index (χ1) is 16.8. The van der Waals surface area contributed by atoms with Gasteiger partial charge in [0.15, 0.2) is 13.2 Å². The van der Waals surface area contributed by atoms with Crippen molar-refractivity contribution in [2.45, 2.75) is 11.8 Å². The molecule has 1 N–H and O–H groups in total. The third kappa shape index (κ3) is 6.88. The van der Waals surface area contributed by atoms with E-state index in [4.69, 9.17) is 19.5 Å². The standard InChI is InChI=1S/C25H25N3O6S/c1-3-32-21-12-14-24(15-13-21)35(30,31)28(2)20-6-10-23(11-7-20)34-18-25(29)27-19-4-8-22(9-5-19)33-17-16-26/h4-15H,3,17-18H2,1-2H3,(H,27,29). The number of nitriles is 1. The molecule has 0 bridgehead atoms. The first-order valence-corrected chi connectivity index (χ1v) is 12.1. The lowest BCUT2D eigenvalue weighted by Gasteiger charge is -2.20. The van der Waals surface area contributed by atoms with Crippen LogP contribution < -0.4 is 23.8 Å². The number of carbonyl (C=O) groups is 1. The molecule has 0 atom stereocenters. The second-order valence-electron chi connectivity index (χ2n) is 7.18. The molecular formula is C25H25N3O6S. The molecule has 35 heavy (non-hydrogen) atoms. The molecule has 0 radical (unpaired) electrons. The molecule has 182 valence electrons. The fourth-order valence-corrected chi connectivity index (χ4v) is 4.22. The number of ether oxygens (including phenoxy) is 3. The zero-order chi connectivity index (χ0) is 25.3. The molecular weight excluding hydrogens is 470 g/mol. The molecule has 0 aliphatic rings. The SMILES string of the molecule is CCOc1ccc(S(=O)(=O)N(C)c2ccc(OCC(=O)Nc3ccc(OCC#N)cc3)cc2)cc1. The van der Waals surface area contributed by atoms with E-state index >= 15 is 0 Å². The van der Waals surface area contributed by atoms with Gasteiger partial charge < -0.3 is 19.5 Å². The molecule has 0 unspecified atom stereocenters.